The first-order valence-electron chi connectivity index (χ1n) is 7.26. The van der Waals surface area contributed by atoms with E-state index in [1.54, 1.807) is 0 Å². The minimum Gasteiger partial charge on any atom is -0.330 e. The summed E-state index contributed by atoms with van der Waals surface area (Å²) in [6.45, 7) is 6.64. The molecule has 0 bridgehead atoms. The Balaban J connectivity index is 1.76. The van der Waals surface area contributed by atoms with Crippen molar-refractivity contribution in [2.45, 2.75) is 39.2 Å². The first-order valence-corrected chi connectivity index (χ1v) is 7.26. The van der Waals surface area contributed by atoms with Gasteiger partial charge in [-0.1, -0.05) is 29.8 Å². The van der Waals surface area contributed by atoms with Crippen LogP contribution in [0, 0.1) is 12.8 Å². The van der Waals surface area contributed by atoms with Crippen molar-refractivity contribution < 1.29 is 0 Å². The molecule has 1 aromatic rings. The van der Waals surface area contributed by atoms with E-state index in [2.05, 4.69) is 36.1 Å². The summed E-state index contributed by atoms with van der Waals surface area (Å²) in [5.74, 6) is 0.919. The second-order valence-electron chi connectivity index (χ2n) is 5.64. The van der Waals surface area contributed by atoms with E-state index in [9.17, 15) is 0 Å². The molecule has 0 atom stereocenters. The van der Waals surface area contributed by atoms with E-state index < -0.39 is 0 Å². The van der Waals surface area contributed by atoms with Crippen molar-refractivity contribution in [1.29, 1.82) is 0 Å². The molecular formula is C16H26N2. The van der Waals surface area contributed by atoms with Gasteiger partial charge in [-0.2, -0.15) is 0 Å². The topological polar surface area (TPSA) is 29.3 Å². The molecule has 0 aromatic heterocycles. The molecule has 1 fully saturated rings. The van der Waals surface area contributed by atoms with Gasteiger partial charge in [0.15, 0.2) is 0 Å². The van der Waals surface area contributed by atoms with Gasteiger partial charge in [-0.3, -0.25) is 4.90 Å². The fourth-order valence-corrected chi connectivity index (χ4v) is 2.91. The van der Waals surface area contributed by atoms with Gasteiger partial charge in [0.1, 0.15) is 0 Å². The van der Waals surface area contributed by atoms with E-state index in [0.29, 0.717) is 0 Å². The van der Waals surface area contributed by atoms with Crippen LogP contribution in [-0.4, -0.2) is 24.5 Å². The van der Waals surface area contributed by atoms with Gasteiger partial charge in [-0.05, 0) is 63.7 Å². The van der Waals surface area contributed by atoms with Crippen LogP contribution in [0.15, 0.2) is 24.3 Å². The average molecular weight is 246 g/mol. The molecule has 0 unspecified atom stereocenters. The molecule has 18 heavy (non-hydrogen) atoms. The summed E-state index contributed by atoms with van der Waals surface area (Å²) >= 11 is 0. The zero-order valence-electron chi connectivity index (χ0n) is 11.6. The van der Waals surface area contributed by atoms with Crippen LogP contribution in [0.1, 0.15) is 36.8 Å². The summed E-state index contributed by atoms with van der Waals surface area (Å²) in [4.78, 5) is 2.59. The van der Waals surface area contributed by atoms with E-state index in [1.807, 2.05) is 0 Å². The summed E-state index contributed by atoms with van der Waals surface area (Å²) in [7, 11) is 0. The molecule has 0 amide bonds. The van der Waals surface area contributed by atoms with Crippen molar-refractivity contribution in [1.82, 2.24) is 4.90 Å². The molecule has 1 heterocycles. The van der Waals surface area contributed by atoms with Gasteiger partial charge in [0.05, 0.1) is 0 Å². The highest BCUT2D eigenvalue weighted by Crippen LogP contribution is 2.22. The fraction of sp³-hybridized carbons (Fsp3) is 0.625. The molecular weight excluding hydrogens is 220 g/mol. The molecule has 0 aliphatic carbocycles. The van der Waals surface area contributed by atoms with E-state index in [-0.39, 0.29) is 0 Å². The van der Waals surface area contributed by atoms with E-state index >= 15 is 0 Å². The van der Waals surface area contributed by atoms with Crippen LogP contribution in [0.2, 0.25) is 0 Å². The standard InChI is InChI=1S/C16H26N2/c1-14-4-2-5-16(12-14)13-18-10-7-15(8-11-18)6-3-9-17/h2,4-5,12,15H,3,6-11,13,17H2,1H3. The Morgan fingerprint density at radius 2 is 2.06 bits per heavy atom. The number of aryl methyl sites for hydroxylation is 1. The number of benzene rings is 1. The van der Waals surface area contributed by atoms with E-state index in [0.717, 1.165) is 19.0 Å². The highest BCUT2D eigenvalue weighted by Gasteiger charge is 2.18. The number of likely N-dealkylation sites (tertiary alicyclic amines) is 1. The molecule has 100 valence electrons. The first kappa shape index (κ1) is 13.6. The van der Waals surface area contributed by atoms with Gasteiger partial charge in [0, 0.05) is 6.54 Å². The van der Waals surface area contributed by atoms with Crippen LogP contribution in [0.25, 0.3) is 0 Å². The van der Waals surface area contributed by atoms with Crippen LogP contribution < -0.4 is 5.73 Å². The Bertz CT molecular complexity index is 354. The Labute approximate surface area is 111 Å². The molecule has 1 aliphatic heterocycles. The molecule has 2 N–H and O–H groups in total. The third kappa shape index (κ3) is 4.11. The number of rotatable bonds is 5. The average Bonchev–Trinajstić information content (AvgIpc) is 2.38. The van der Waals surface area contributed by atoms with Gasteiger partial charge in [-0.25, -0.2) is 0 Å². The monoisotopic (exact) mass is 246 g/mol. The predicted molar refractivity (Wildman–Crippen MR) is 77.5 cm³/mol. The van der Waals surface area contributed by atoms with Crippen molar-refractivity contribution in [2.24, 2.45) is 11.7 Å². The summed E-state index contributed by atoms with van der Waals surface area (Å²) < 4.78 is 0. The maximum atomic E-state index is 5.58. The highest BCUT2D eigenvalue weighted by molar-refractivity contribution is 5.22. The zero-order chi connectivity index (χ0) is 12.8. The largest absolute Gasteiger partial charge is 0.330 e. The lowest BCUT2D eigenvalue weighted by Gasteiger charge is -2.32. The van der Waals surface area contributed by atoms with Gasteiger partial charge in [0.2, 0.25) is 0 Å². The second-order valence-corrected chi connectivity index (χ2v) is 5.64. The molecule has 2 nitrogen and oxygen atoms in total. The number of nitrogens with zero attached hydrogens (tertiary/aromatic N) is 1. The van der Waals surface area contributed by atoms with Crippen LogP contribution in [0.4, 0.5) is 0 Å². The maximum Gasteiger partial charge on any atom is 0.0233 e. The van der Waals surface area contributed by atoms with Crippen LogP contribution >= 0.6 is 0 Å². The summed E-state index contributed by atoms with van der Waals surface area (Å²) in [5.41, 5.74) is 8.40. The fourth-order valence-electron chi connectivity index (χ4n) is 2.91. The molecule has 1 saturated heterocycles. The Hall–Kier alpha value is -0.860. The first-order chi connectivity index (χ1) is 8.78. The lowest BCUT2D eigenvalue weighted by Crippen LogP contribution is -2.33. The molecule has 0 saturated carbocycles. The van der Waals surface area contributed by atoms with Crippen molar-refractivity contribution in [3.8, 4) is 0 Å². The molecule has 0 radical (unpaired) electrons. The lowest BCUT2D eigenvalue weighted by molar-refractivity contribution is 0.171. The number of nitrogens with two attached hydrogens (primary N) is 1. The summed E-state index contributed by atoms with van der Waals surface area (Å²) in [5, 5.41) is 0. The quantitative estimate of drug-likeness (QED) is 0.865. The van der Waals surface area contributed by atoms with Crippen molar-refractivity contribution >= 4 is 0 Å². The second kappa shape index (κ2) is 6.91. The van der Waals surface area contributed by atoms with Crippen LogP contribution in [0.5, 0.6) is 0 Å². The van der Waals surface area contributed by atoms with Crippen molar-refractivity contribution in [3.05, 3.63) is 35.4 Å². The van der Waals surface area contributed by atoms with Crippen LogP contribution in [-0.2, 0) is 6.54 Å². The van der Waals surface area contributed by atoms with E-state index in [1.165, 1.54) is 49.9 Å². The van der Waals surface area contributed by atoms with Crippen LogP contribution in [0.3, 0.4) is 0 Å². The highest BCUT2D eigenvalue weighted by atomic mass is 15.1. The summed E-state index contributed by atoms with van der Waals surface area (Å²) in [6.07, 6.45) is 5.23. The molecule has 2 heteroatoms. The van der Waals surface area contributed by atoms with Gasteiger partial charge < -0.3 is 5.73 Å². The lowest BCUT2D eigenvalue weighted by atomic mass is 9.92. The third-order valence-corrected chi connectivity index (χ3v) is 4.01. The molecule has 2 rings (SSSR count). The summed E-state index contributed by atoms with van der Waals surface area (Å²) in [6, 6.07) is 8.88. The Morgan fingerprint density at radius 3 is 2.72 bits per heavy atom. The smallest absolute Gasteiger partial charge is 0.0233 e. The Kier molecular flexibility index (Phi) is 5.21. The minimum absolute atomic E-state index is 0.851. The zero-order valence-corrected chi connectivity index (χ0v) is 11.6. The predicted octanol–water partition coefficient (Wildman–Crippen LogP) is 2.95. The van der Waals surface area contributed by atoms with Gasteiger partial charge in [-0.15, -0.1) is 0 Å². The molecule has 0 spiro atoms. The maximum absolute atomic E-state index is 5.58. The number of hydrogen-bond acceptors (Lipinski definition) is 2. The minimum atomic E-state index is 0.851. The number of piperidine rings is 1. The van der Waals surface area contributed by atoms with Crippen molar-refractivity contribution in [3.63, 3.8) is 0 Å². The molecule has 1 aliphatic rings. The van der Waals surface area contributed by atoms with Gasteiger partial charge >= 0.3 is 0 Å². The number of hydrogen-bond donors (Lipinski definition) is 1. The van der Waals surface area contributed by atoms with E-state index in [4.69, 9.17) is 5.73 Å². The SMILES string of the molecule is Cc1cccc(CN2CCC(CCCN)CC2)c1. The third-order valence-electron chi connectivity index (χ3n) is 4.01. The molecule has 1 aromatic carbocycles. The van der Waals surface area contributed by atoms with Crippen molar-refractivity contribution in [2.75, 3.05) is 19.6 Å². The van der Waals surface area contributed by atoms with Gasteiger partial charge in [0.25, 0.3) is 0 Å². The normalized spacial score (nSPS) is 18.1. The Morgan fingerprint density at radius 1 is 1.28 bits per heavy atom.